The second-order valence-corrected chi connectivity index (χ2v) is 4.71. The second-order valence-electron chi connectivity index (χ2n) is 3.79. The maximum absolute atomic E-state index is 12.0. The average Bonchev–Trinajstić information content (AvgIpc) is 2.37. The van der Waals surface area contributed by atoms with Gasteiger partial charge in [-0.15, -0.1) is 0 Å². The minimum Gasteiger partial charge on any atom is -0.505 e. The van der Waals surface area contributed by atoms with Crippen LogP contribution in [0.5, 0.6) is 5.75 Å². The van der Waals surface area contributed by atoms with Gasteiger partial charge in [-0.05, 0) is 24.3 Å². The summed E-state index contributed by atoms with van der Waals surface area (Å²) in [6.45, 7) is 0. The minimum absolute atomic E-state index is 0.333. The Bertz CT molecular complexity index is 680. The number of nitrogens with one attached hydrogen (secondary N) is 1. The summed E-state index contributed by atoms with van der Waals surface area (Å²) >= 11 is 3.28. The van der Waals surface area contributed by atoms with Crippen molar-refractivity contribution in [3.8, 4) is 5.75 Å². The maximum Gasteiger partial charge on any atom is 0.283 e. The van der Waals surface area contributed by atoms with Crippen molar-refractivity contribution >= 4 is 27.5 Å². The molecule has 98 valence electrons. The van der Waals surface area contributed by atoms with Crippen LogP contribution in [0.2, 0.25) is 0 Å². The van der Waals surface area contributed by atoms with Crippen LogP contribution in [0.1, 0.15) is 10.4 Å². The quantitative estimate of drug-likeness (QED) is 0.877. The number of carbonyl (C=O) groups is 1. The van der Waals surface area contributed by atoms with Crippen LogP contribution in [0.3, 0.4) is 0 Å². The number of halogens is 1. The van der Waals surface area contributed by atoms with Crippen LogP contribution in [-0.2, 0) is 7.05 Å². The van der Waals surface area contributed by atoms with Gasteiger partial charge in [-0.1, -0.05) is 15.9 Å². The van der Waals surface area contributed by atoms with E-state index in [1.54, 1.807) is 24.3 Å². The summed E-state index contributed by atoms with van der Waals surface area (Å²) in [6.07, 6.45) is 1.05. The number of amides is 1. The normalized spacial score (nSPS) is 10.2. The van der Waals surface area contributed by atoms with Crippen molar-refractivity contribution in [2.24, 2.45) is 7.05 Å². The highest BCUT2D eigenvalue weighted by atomic mass is 79.9. The third-order valence-corrected chi connectivity index (χ3v) is 2.97. The molecule has 1 aromatic heterocycles. The first kappa shape index (κ1) is 13.3. The average molecular weight is 324 g/mol. The van der Waals surface area contributed by atoms with Crippen molar-refractivity contribution in [1.29, 1.82) is 0 Å². The highest BCUT2D eigenvalue weighted by Gasteiger charge is 2.17. The van der Waals surface area contributed by atoms with Crippen LogP contribution in [0.15, 0.2) is 39.7 Å². The SMILES string of the molecule is Cn1ncc(O)c(C(=O)Nc2ccc(Br)cc2)c1=O. The fourth-order valence-electron chi connectivity index (χ4n) is 1.47. The van der Waals surface area contributed by atoms with Crippen molar-refractivity contribution in [3.05, 3.63) is 50.9 Å². The van der Waals surface area contributed by atoms with E-state index in [0.29, 0.717) is 5.69 Å². The van der Waals surface area contributed by atoms with Crippen molar-refractivity contribution < 1.29 is 9.90 Å². The molecule has 0 saturated carbocycles. The summed E-state index contributed by atoms with van der Waals surface area (Å²) in [5, 5.41) is 15.7. The smallest absolute Gasteiger partial charge is 0.283 e. The van der Waals surface area contributed by atoms with Gasteiger partial charge in [0.1, 0.15) is 5.56 Å². The lowest BCUT2D eigenvalue weighted by atomic mass is 10.2. The molecule has 19 heavy (non-hydrogen) atoms. The molecule has 0 unspecified atom stereocenters. The van der Waals surface area contributed by atoms with Crippen LogP contribution >= 0.6 is 15.9 Å². The number of aromatic nitrogens is 2. The summed E-state index contributed by atoms with van der Waals surface area (Å²) in [5.41, 5.74) is -0.471. The Labute approximate surface area is 116 Å². The van der Waals surface area contributed by atoms with Gasteiger partial charge in [0.25, 0.3) is 11.5 Å². The first-order valence-corrected chi connectivity index (χ1v) is 6.10. The maximum atomic E-state index is 12.0. The van der Waals surface area contributed by atoms with E-state index in [-0.39, 0.29) is 5.56 Å². The molecule has 1 amide bonds. The Morgan fingerprint density at radius 3 is 2.63 bits per heavy atom. The topological polar surface area (TPSA) is 84.2 Å². The molecule has 1 aromatic carbocycles. The third kappa shape index (κ3) is 2.82. The standard InChI is InChI=1S/C12H10BrN3O3/c1-16-12(19)10(9(17)6-14-16)11(18)15-8-4-2-7(13)3-5-8/h2-6,17H,1H3,(H,15,18). The van der Waals surface area contributed by atoms with Crippen molar-refractivity contribution in [2.45, 2.75) is 0 Å². The number of hydrogen-bond donors (Lipinski definition) is 2. The highest BCUT2D eigenvalue weighted by molar-refractivity contribution is 9.10. The molecule has 0 spiro atoms. The van der Waals surface area contributed by atoms with Gasteiger partial charge in [0.2, 0.25) is 0 Å². The Morgan fingerprint density at radius 2 is 2.00 bits per heavy atom. The monoisotopic (exact) mass is 323 g/mol. The predicted molar refractivity (Wildman–Crippen MR) is 73.2 cm³/mol. The van der Waals surface area contributed by atoms with Crippen molar-refractivity contribution in [2.75, 3.05) is 5.32 Å². The third-order valence-electron chi connectivity index (χ3n) is 2.45. The molecule has 0 aliphatic heterocycles. The number of hydrogen-bond acceptors (Lipinski definition) is 4. The van der Waals surface area contributed by atoms with Gasteiger partial charge in [-0.3, -0.25) is 9.59 Å². The minimum atomic E-state index is -0.678. The molecule has 0 radical (unpaired) electrons. The fourth-order valence-corrected chi connectivity index (χ4v) is 1.73. The lowest BCUT2D eigenvalue weighted by Crippen LogP contribution is -2.29. The van der Waals surface area contributed by atoms with E-state index < -0.39 is 17.2 Å². The van der Waals surface area contributed by atoms with Gasteiger partial charge in [0, 0.05) is 17.2 Å². The molecule has 7 heteroatoms. The van der Waals surface area contributed by atoms with E-state index in [1.807, 2.05) is 0 Å². The Balaban J connectivity index is 2.33. The van der Waals surface area contributed by atoms with Gasteiger partial charge in [0.05, 0.1) is 6.20 Å². The van der Waals surface area contributed by atoms with Gasteiger partial charge < -0.3 is 10.4 Å². The van der Waals surface area contributed by atoms with Crippen LogP contribution in [0.4, 0.5) is 5.69 Å². The van der Waals surface area contributed by atoms with E-state index >= 15 is 0 Å². The molecule has 6 nitrogen and oxygen atoms in total. The zero-order valence-corrected chi connectivity index (χ0v) is 11.5. The molecule has 0 aliphatic carbocycles. The van der Waals surface area contributed by atoms with Gasteiger partial charge in [-0.25, -0.2) is 4.68 Å². The Kier molecular flexibility index (Phi) is 3.66. The number of nitrogens with zero attached hydrogens (tertiary/aromatic N) is 2. The van der Waals surface area contributed by atoms with E-state index in [9.17, 15) is 14.7 Å². The zero-order valence-electron chi connectivity index (χ0n) is 9.92. The molecule has 1 heterocycles. The molecule has 2 aromatic rings. The molecular weight excluding hydrogens is 314 g/mol. The van der Waals surface area contributed by atoms with Crippen molar-refractivity contribution in [3.63, 3.8) is 0 Å². The fraction of sp³-hybridized carbons (Fsp3) is 0.0833. The lowest BCUT2D eigenvalue weighted by Gasteiger charge is -2.07. The van der Waals surface area contributed by atoms with E-state index in [0.717, 1.165) is 15.4 Å². The molecular formula is C12H10BrN3O3. The molecule has 0 aliphatic rings. The molecule has 0 atom stereocenters. The van der Waals surface area contributed by atoms with E-state index in [4.69, 9.17) is 0 Å². The van der Waals surface area contributed by atoms with Crippen LogP contribution in [0.25, 0.3) is 0 Å². The lowest BCUT2D eigenvalue weighted by molar-refractivity contribution is 0.102. The summed E-state index contributed by atoms with van der Waals surface area (Å²) in [4.78, 5) is 23.7. The molecule has 2 rings (SSSR count). The van der Waals surface area contributed by atoms with Gasteiger partial charge in [0.15, 0.2) is 5.75 Å². The summed E-state index contributed by atoms with van der Waals surface area (Å²) in [7, 11) is 1.40. The zero-order chi connectivity index (χ0) is 14.0. The first-order chi connectivity index (χ1) is 8.99. The number of carbonyl (C=O) groups excluding carboxylic acids is 1. The molecule has 0 fully saturated rings. The summed E-state index contributed by atoms with van der Waals surface area (Å²) in [6, 6.07) is 6.84. The van der Waals surface area contributed by atoms with Gasteiger partial charge in [-0.2, -0.15) is 5.10 Å². The Morgan fingerprint density at radius 1 is 1.37 bits per heavy atom. The molecule has 2 N–H and O–H groups in total. The first-order valence-electron chi connectivity index (χ1n) is 5.31. The number of rotatable bonds is 2. The Hall–Kier alpha value is -2.15. The summed E-state index contributed by atoms with van der Waals surface area (Å²) < 4.78 is 1.85. The van der Waals surface area contributed by atoms with Crippen LogP contribution in [0, 0.1) is 0 Å². The second kappa shape index (κ2) is 5.23. The van der Waals surface area contributed by atoms with E-state index in [1.165, 1.54) is 7.05 Å². The predicted octanol–water partition coefficient (Wildman–Crippen LogP) is 1.50. The summed E-state index contributed by atoms with van der Waals surface area (Å²) in [5.74, 6) is -1.12. The highest BCUT2D eigenvalue weighted by Crippen LogP contribution is 2.16. The number of aromatic hydroxyl groups is 1. The number of benzene rings is 1. The molecule has 0 bridgehead atoms. The van der Waals surface area contributed by atoms with Crippen molar-refractivity contribution in [1.82, 2.24) is 9.78 Å². The largest absolute Gasteiger partial charge is 0.505 e. The number of aryl methyl sites for hydroxylation is 1. The number of anilines is 1. The van der Waals surface area contributed by atoms with E-state index in [2.05, 4.69) is 26.3 Å². The van der Waals surface area contributed by atoms with Crippen LogP contribution in [-0.4, -0.2) is 20.8 Å². The van der Waals surface area contributed by atoms with Gasteiger partial charge >= 0.3 is 0 Å². The molecule has 0 saturated heterocycles. The van der Waals surface area contributed by atoms with Crippen LogP contribution < -0.4 is 10.9 Å².